The molecule has 0 aromatic heterocycles. The Morgan fingerprint density at radius 2 is 1.94 bits per heavy atom. The number of likely N-dealkylation sites (N-methyl/N-ethyl adjacent to an activating group) is 1. The number of nitrogens with zero attached hydrogens (tertiary/aromatic N) is 1. The summed E-state index contributed by atoms with van der Waals surface area (Å²) in [6.07, 6.45) is 0. The Morgan fingerprint density at radius 1 is 1.39 bits per heavy atom. The average molecular weight is 315 g/mol. The Balaban J connectivity index is 2.53. The summed E-state index contributed by atoms with van der Waals surface area (Å²) >= 11 is 3.32. The molecule has 1 atom stereocenters. The zero-order valence-electron chi connectivity index (χ0n) is 10.9. The first-order valence-corrected chi connectivity index (χ1v) is 6.50. The maximum atomic E-state index is 11.8. The number of aliphatic hydroxyl groups is 1. The molecule has 100 valence electrons. The third-order valence-electron chi connectivity index (χ3n) is 2.39. The SMILES string of the molecule is CN(C)CC(C)(O)CNC(=O)c1ccc(Br)cc1. The molecule has 0 radical (unpaired) electrons. The van der Waals surface area contributed by atoms with Gasteiger partial charge in [-0.3, -0.25) is 4.79 Å². The number of carbonyl (C=O) groups is 1. The van der Waals surface area contributed by atoms with Crippen LogP contribution in [-0.2, 0) is 0 Å². The first-order valence-electron chi connectivity index (χ1n) is 5.71. The quantitative estimate of drug-likeness (QED) is 0.866. The number of carbonyl (C=O) groups excluding carboxylic acids is 1. The van der Waals surface area contributed by atoms with E-state index in [0.717, 1.165) is 4.47 Å². The van der Waals surface area contributed by atoms with E-state index >= 15 is 0 Å². The van der Waals surface area contributed by atoms with Crippen molar-refractivity contribution in [1.82, 2.24) is 10.2 Å². The monoisotopic (exact) mass is 314 g/mol. The molecule has 1 amide bonds. The minimum absolute atomic E-state index is 0.179. The van der Waals surface area contributed by atoms with Crippen molar-refractivity contribution in [3.63, 3.8) is 0 Å². The van der Waals surface area contributed by atoms with Crippen molar-refractivity contribution in [1.29, 1.82) is 0 Å². The Morgan fingerprint density at radius 3 is 2.44 bits per heavy atom. The second-order valence-corrected chi connectivity index (χ2v) is 5.84. The number of nitrogens with one attached hydrogen (secondary N) is 1. The first kappa shape index (κ1) is 15.1. The molecule has 0 aliphatic heterocycles. The largest absolute Gasteiger partial charge is 0.387 e. The summed E-state index contributed by atoms with van der Waals surface area (Å²) in [6, 6.07) is 7.10. The van der Waals surface area contributed by atoms with E-state index in [-0.39, 0.29) is 12.5 Å². The minimum Gasteiger partial charge on any atom is -0.387 e. The van der Waals surface area contributed by atoms with Gasteiger partial charge in [-0.25, -0.2) is 0 Å². The molecule has 2 N–H and O–H groups in total. The number of rotatable bonds is 5. The maximum absolute atomic E-state index is 11.8. The van der Waals surface area contributed by atoms with Gasteiger partial charge in [-0.1, -0.05) is 15.9 Å². The van der Waals surface area contributed by atoms with E-state index in [2.05, 4.69) is 21.2 Å². The zero-order valence-corrected chi connectivity index (χ0v) is 12.5. The summed E-state index contributed by atoms with van der Waals surface area (Å²) in [4.78, 5) is 13.7. The average Bonchev–Trinajstić information content (AvgIpc) is 2.25. The van der Waals surface area contributed by atoms with Gasteiger partial charge in [0.05, 0.1) is 5.60 Å². The molecule has 1 unspecified atom stereocenters. The number of benzene rings is 1. The van der Waals surface area contributed by atoms with Crippen molar-refractivity contribution in [2.75, 3.05) is 27.2 Å². The first-order chi connectivity index (χ1) is 8.30. The van der Waals surface area contributed by atoms with Crippen LogP contribution in [0.3, 0.4) is 0 Å². The second-order valence-electron chi connectivity index (χ2n) is 4.92. The molecule has 1 aromatic rings. The van der Waals surface area contributed by atoms with E-state index in [4.69, 9.17) is 0 Å². The number of hydrogen-bond acceptors (Lipinski definition) is 3. The third-order valence-corrected chi connectivity index (χ3v) is 2.92. The van der Waals surface area contributed by atoms with E-state index in [1.807, 2.05) is 31.1 Å². The summed E-state index contributed by atoms with van der Waals surface area (Å²) in [5.41, 5.74) is -0.354. The molecule has 18 heavy (non-hydrogen) atoms. The van der Waals surface area contributed by atoms with Crippen LogP contribution in [0.5, 0.6) is 0 Å². The fourth-order valence-electron chi connectivity index (χ4n) is 1.71. The molecule has 0 heterocycles. The topological polar surface area (TPSA) is 52.6 Å². The van der Waals surface area contributed by atoms with Crippen LogP contribution in [0.15, 0.2) is 28.7 Å². The van der Waals surface area contributed by atoms with Crippen LogP contribution in [0.1, 0.15) is 17.3 Å². The van der Waals surface area contributed by atoms with Gasteiger partial charge in [-0.2, -0.15) is 0 Å². The van der Waals surface area contributed by atoms with Gasteiger partial charge in [0.1, 0.15) is 0 Å². The predicted molar refractivity (Wildman–Crippen MR) is 75.7 cm³/mol. The molecule has 5 heteroatoms. The van der Waals surface area contributed by atoms with Crippen LogP contribution < -0.4 is 5.32 Å². The lowest BCUT2D eigenvalue weighted by Gasteiger charge is -2.27. The molecule has 1 rings (SSSR count). The van der Waals surface area contributed by atoms with Crippen LogP contribution >= 0.6 is 15.9 Å². The Hall–Kier alpha value is -0.910. The van der Waals surface area contributed by atoms with Gasteiger partial charge in [0.25, 0.3) is 5.91 Å². The lowest BCUT2D eigenvalue weighted by Crippen LogP contribution is -2.47. The van der Waals surface area contributed by atoms with Crippen LogP contribution in [0.4, 0.5) is 0 Å². The van der Waals surface area contributed by atoms with Crippen molar-refractivity contribution in [2.45, 2.75) is 12.5 Å². The van der Waals surface area contributed by atoms with Gasteiger partial charge in [0.15, 0.2) is 0 Å². The van der Waals surface area contributed by atoms with Gasteiger partial charge >= 0.3 is 0 Å². The molecule has 0 fully saturated rings. The molecule has 0 saturated heterocycles. The van der Waals surface area contributed by atoms with E-state index < -0.39 is 5.60 Å². The van der Waals surface area contributed by atoms with Gasteiger partial charge in [0, 0.05) is 23.1 Å². The van der Waals surface area contributed by atoms with Crippen molar-refractivity contribution in [2.24, 2.45) is 0 Å². The molecule has 0 aliphatic rings. The van der Waals surface area contributed by atoms with Crippen LogP contribution in [-0.4, -0.2) is 48.7 Å². The molecule has 0 bridgehead atoms. The number of halogens is 1. The summed E-state index contributed by atoms with van der Waals surface area (Å²) in [7, 11) is 3.76. The zero-order chi connectivity index (χ0) is 13.8. The smallest absolute Gasteiger partial charge is 0.251 e. The maximum Gasteiger partial charge on any atom is 0.251 e. The van der Waals surface area contributed by atoms with E-state index in [1.54, 1.807) is 19.1 Å². The standard InChI is InChI=1S/C13H19BrN2O2/c1-13(18,9-16(2)3)8-15-12(17)10-4-6-11(14)7-5-10/h4-7,18H,8-9H2,1-3H3,(H,15,17). The lowest BCUT2D eigenvalue weighted by atomic mass is 10.1. The third kappa shape index (κ3) is 5.16. The highest BCUT2D eigenvalue weighted by Crippen LogP contribution is 2.10. The summed E-state index contributed by atoms with van der Waals surface area (Å²) < 4.78 is 0.929. The summed E-state index contributed by atoms with van der Waals surface area (Å²) in [6.45, 7) is 2.42. The molecule has 0 saturated carbocycles. The van der Waals surface area contributed by atoms with E-state index in [9.17, 15) is 9.90 Å². The highest BCUT2D eigenvalue weighted by atomic mass is 79.9. The normalized spacial score (nSPS) is 14.3. The van der Waals surface area contributed by atoms with Crippen LogP contribution in [0.2, 0.25) is 0 Å². The lowest BCUT2D eigenvalue weighted by molar-refractivity contribution is 0.0326. The molecule has 4 nitrogen and oxygen atoms in total. The Labute approximate surface area is 116 Å². The summed E-state index contributed by atoms with van der Waals surface area (Å²) in [5, 5.41) is 12.8. The molecule has 0 spiro atoms. The van der Waals surface area contributed by atoms with Gasteiger partial charge in [0.2, 0.25) is 0 Å². The predicted octanol–water partition coefficient (Wildman–Crippen LogP) is 1.49. The molecular weight excluding hydrogens is 296 g/mol. The van der Waals surface area contributed by atoms with Crippen LogP contribution in [0.25, 0.3) is 0 Å². The number of amides is 1. The fourth-order valence-corrected chi connectivity index (χ4v) is 1.98. The fraction of sp³-hybridized carbons (Fsp3) is 0.462. The van der Waals surface area contributed by atoms with Gasteiger partial charge in [-0.05, 0) is 45.3 Å². The molecule has 1 aromatic carbocycles. The Bertz CT molecular complexity index is 402. The van der Waals surface area contributed by atoms with E-state index in [0.29, 0.717) is 12.1 Å². The summed E-state index contributed by atoms with van der Waals surface area (Å²) in [5.74, 6) is -0.179. The van der Waals surface area contributed by atoms with Gasteiger partial charge in [-0.15, -0.1) is 0 Å². The van der Waals surface area contributed by atoms with E-state index in [1.165, 1.54) is 0 Å². The highest BCUT2D eigenvalue weighted by Gasteiger charge is 2.22. The second kappa shape index (κ2) is 6.31. The molecule has 0 aliphatic carbocycles. The van der Waals surface area contributed by atoms with Crippen molar-refractivity contribution in [3.05, 3.63) is 34.3 Å². The molecular formula is C13H19BrN2O2. The highest BCUT2D eigenvalue weighted by molar-refractivity contribution is 9.10. The van der Waals surface area contributed by atoms with Gasteiger partial charge < -0.3 is 15.3 Å². The number of hydrogen-bond donors (Lipinski definition) is 2. The van der Waals surface area contributed by atoms with Crippen molar-refractivity contribution >= 4 is 21.8 Å². The van der Waals surface area contributed by atoms with Crippen molar-refractivity contribution < 1.29 is 9.90 Å². The Kier molecular flexibility index (Phi) is 5.31. The van der Waals surface area contributed by atoms with Crippen LogP contribution in [0, 0.1) is 0 Å². The van der Waals surface area contributed by atoms with Crippen molar-refractivity contribution in [3.8, 4) is 0 Å². The minimum atomic E-state index is -0.936.